The molecule has 146 valence electrons. The molecule has 2 aromatic carbocycles. The van der Waals surface area contributed by atoms with Gasteiger partial charge in [0.15, 0.2) is 0 Å². The lowest BCUT2D eigenvalue weighted by molar-refractivity contribution is -0.116. The maximum atomic E-state index is 12.5. The summed E-state index contributed by atoms with van der Waals surface area (Å²) < 4.78 is 5.27. The summed E-state index contributed by atoms with van der Waals surface area (Å²) in [5, 5.41) is 17.0. The van der Waals surface area contributed by atoms with Gasteiger partial charge in [0, 0.05) is 11.3 Å². The van der Waals surface area contributed by atoms with E-state index in [-0.39, 0.29) is 12.3 Å². The van der Waals surface area contributed by atoms with Crippen molar-refractivity contribution in [1.82, 2.24) is 20.6 Å². The molecule has 0 saturated carbocycles. The van der Waals surface area contributed by atoms with E-state index in [4.69, 9.17) is 4.74 Å². The summed E-state index contributed by atoms with van der Waals surface area (Å²) in [5.74, 6) is 0.208. The van der Waals surface area contributed by atoms with Crippen molar-refractivity contribution < 1.29 is 14.3 Å². The number of nitrogens with one attached hydrogen (secondary N) is 2. The van der Waals surface area contributed by atoms with Crippen LogP contribution in [0.25, 0.3) is 11.4 Å². The van der Waals surface area contributed by atoms with Gasteiger partial charge in [0.2, 0.25) is 11.7 Å². The molecule has 3 aromatic rings. The van der Waals surface area contributed by atoms with Gasteiger partial charge in [-0.05, 0) is 47.5 Å². The van der Waals surface area contributed by atoms with Crippen LogP contribution >= 0.6 is 0 Å². The summed E-state index contributed by atoms with van der Waals surface area (Å²) in [4.78, 5) is 25.7. The van der Waals surface area contributed by atoms with Gasteiger partial charge in [0.05, 0.1) is 17.8 Å². The minimum absolute atomic E-state index is 0.195. The second-order valence-corrected chi connectivity index (χ2v) is 6.35. The number of allylic oxidation sites excluding steroid dienone is 1. The largest absolute Gasteiger partial charge is 0.426 e. The fourth-order valence-electron chi connectivity index (χ4n) is 3.00. The SMILES string of the molecule is CCC(=COC(=O)N1C(=O)Cc2ccccc21)Nc1ccc(-c2nn[nH]n2)cc1. The number of hydrogen-bond acceptors (Lipinski definition) is 7. The fraction of sp³-hybridized carbons (Fsp3) is 0.150. The number of imide groups is 1. The normalized spacial score (nSPS) is 13.3. The molecular weight excluding hydrogens is 372 g/mol. The predicted molar refractivity (Wildman–Crippen MR) is 106 cm³/mol. The van der Waals surface area contributed by atoms with Crippen LogP contribution in [0.4, 0.5) is 16.2 Å². The standard InChI is InChI=1S/C20H18N6O3/c1-2-15(21-16-9-7-13(8-10-16)19-22-24-25-23-19)12-29-20(28)26-17-6-4-3-5-14(17)11-18(26)27/h3-10,12,21H,2,11H2,1H3,(H,22,23,24,25). The molecule has 1 aliphatic heterocycles. The number of tetrazole rings is 1. The van der Waals surface area contributed by atoms with Gasteiger partial charge in [0.1, 0.15) is 6.26 Å². The zero-order valence-electron chi connectivity index (χ0n) is 15.6. The van der Waals surface area contributed by atoms with Gasteiger partial charge < -0.3 is 10.1 Å². The van der Waals surface area contributed by atoms with Gasteiger partial charge in [-0.15, -0.1) is 10.2 Å². The van der Waals surface area contributed by atoms with Crippen LogP contribution < -0.4 is 10.2 Å². The van der Waals surface area contributed by atoms with Crippen LogP contribution in [-0.4, -0.2) is 32.6 Å². The molecule has 29 heavy (non-hydrogen) atoms. The van der Waals surface area contributed by atoms with E-state index in [2.05, 4.69) is 25.9 Å². The lowest BCUT2D eigenvalue weighted by atomic mass is 10.2. The van der Waals surface area contributed by atoms with Gasteiger partial charge in [-0.1, -0.05) is 25.1 Å². The Kier molecular flexibility index (Phi) is 5.02. The summed E-state index contributed by atoms with van der Waals surface area (Å²) in [6.45, 7) is 1.93. The van der Waals surface area contributed by atoms with E-state index < -0.39 is 6.09 Å². The van der Waals surface area contributed by atoms with Gasteiger partial charge >= 0.3 is 6.09 Å². The third-order valence-corrected chi connectivity index (χ3v) is 4.48. The molecule has 1 aliphatic rings. The maximum Gasteiger partial charge on any atom is 0.426 e. The van der Waals surface area contributed by atoms with Crippen LogP contribution in [-0.2, 0) is 16.0 Å². The van der Waals surface area contributed by atoms with Crippen LogP contribution in [0.3, 0.4) is 0 Å². The minimum Gasteiger partial charge on any atom is -0.416 e. The van der Waals surface area contributed by atoms with Crippen LogP contribution in [0.1, 0.15) is 18.9 Å². The Bertz CT molecular complexity index is 1060. The first-order valence-electron chi connectivity index (χ1n) is 9.07. The molecule has 0 spiro atoms. The van der Waals surface area contributed by atoms with Crippen molar-refractivity contribution in [1.29, 1.82) is 0 Å². The molecule has 0 radical (unpaired) electrons. The Labute approximate surface area is 166 Å². The summed E-state index contributed by atoms with van der Waals surface area (Å²) in [7, 11) is 0. The van der Waals surface area contributed by atoms with Gasteiger partial charge in [-0.3, -0.25) is 4.79 Å². The van der Waals surface area contributed by atoms with Gasteiger partial charge in [0.25, 0.3) is 0 Å². The molecule has 0 saturated heterocycles. The number of nitrogens with zero attached hydrogens (tertiary/aromatic N) is 4. The van der Waals surface area contributed by atoms with E-state index in [1.54, 1.807) is 12.1 Å². The van der Waals surface area contributed by atoms with Crippen LogP contribution in [0.5, 0.6) is 0 Å². The van der Waals surface area contributed by atoms with Crippen molar-refractivity contribution in [2.75, 3.05) is 10.2 Å². The van der Waals surface area contributed by atoms with Gasteiger partial charge in [-0.2, -0.15) is 5.21 Å². The number of hydrogen-bond donors (Lipinski definition) is 2. The van der Waals surface area contributed by atoms with Crippen LogP contribution in [0, 0.1) is 0 Å². The number of anilines is 2. The Morgan fingerprint density at radius 2 is 2.03 bits per heavy atom. The number of H-pyrrole nitrogens is 1. The van der Waals surface area contributed by atoms with E-state index in [0.29, 0.717) is 23.6 Å². The molecule has 2 amide bonds. The molecule has 0 unspecified atom stereocenters. The number of para-hydroxylation sites is 1. The number of fused-ring (bicyclic) bond motifs is 1. The highest BCUT2D eigenvalue weighted by Gasteiger charge is 2.33. The van der Waals surface area contributed by atoms with Crippen LogP contribution in [0.15, 0.2) is 60.5 Å². The summed E-state index contributed by atoms with van der Waals surface area (Å²) in [5.41, 5.74) is 3.70. The van der Waals surface area contributed by atoms with Gasteiger partial charge in [-0.25, -0.2) is 9.69 Å². The number of aromatic amines is 1. The molecule has 9 nitrogen and oxygen atoms in total. The van der Waals surface area contributed by atoms with Crippen molar-refractivity contribution in [3.05, 3.63) is 66.1 Å². The number of aromatic nitrogens is 4. The van der Waals surface area contributed by atoms with Crippen molar-refractivity contribution in [2.24, 2.45) is 0 Å². The van der Waals surface area contributed by atoms with E-state index in [9.17, 15) is 9.59 Å². The zero-order chi connectivity index (χ0) is 20.2. The first kappa shape index (κ1) is 18.4. The molecule has 2 N–H and O–H groups in total. The highest BCUT2D eigenvalue weighted by molar-refractivity contribution is 6.17. The molecule has 4 rings (SSSR count). The number of carbonyl (C=O) groups is 2. The van der Waals surface area contributed by atoms with E-state index >= 15 is 0 Å². The average Bonchev–Trinajstić information content (AvgIpc) is 3.38. The molecule has 0 fully saturated rings. The first-order valence-corrected chi connectivity index (χ1v) is 9.07. The van der Waals surface area contributed by atoms with E-state index in [0.717, 1.165) is 21.7 Å². The third kappa shape index (κ3) is 3.84. The highest BCUT2D eigenvalue weighted by atomic mass is 16.5. The van der Waals surface area contributed by atoms with Crippen molar-refractivity contribution in [3.8, 4) is 11.4 Å². The zero-order valence-corrected chi connectivity index (χ0v) is 15.6. The van der Waals surface area contributed by atoms with E-state index in [1.807, 2.05) is 43.3 Å². The Morgan fingerprint density at radius 1 is 1.24 bits per heavy atom. The second kappa shape index (κ2) is 7.93. The molecule has 9 heteroatoms. The Hall–Kier alpha value is -4.01. The highest BCUT2D eigenvalue weighted by Crippen LogP contribution is 2.29. The smallest absolute Gasteiger partial charge is 0.416 e. The molecule has 0 atom stereocenters. The lowest BCUT2D eigenvalue weighted by Crippen LogP contribution is -2.33. The summed E-state index contributed by atoms with van der Waals surface area (Å²) >= 11 is 0. The average molecular weight is 390 g/mol. The number of rotatable bonds is 5. The van der Waals surface area contributed by atoms with Crippen molar-refractivity contribution in [3.63, 3.8) is 0 Å². The number of carbonyl (C=O) groups excluding carboxylic acids is 2. The monoisotopic (exact) mass is 390 g/mol. The topological polar surface area (TPSA) is 113 Å². The molecular formula is C20H18N6O3. The van der Waals surface area contributed by atoms with Crippen molar-refractivity contribution >= 4 is 23.4 Å². The van der Waals surface area contributed by atoms with E-state index in [1.165, 1.54) is 6.26 Å². The number of benzene rings is 2. The van der Waals surface area contributed by atoms with Crippen molar-refractivity contribution in [2.45, 2.75) is 19.8 Å². The molecule has 1 aromatic heterocycles. The number of amides is 2. The Balaban J connectivity index is 1.43. The van der Waals surface area contributed by atoms with Crippen LogP contribution in [0.2, 0.25) is 0 Å². The minimum atomic E-state index is -0.722. The maximum absolute atomic E-state index is 12.5. The summed E-state index contributed by atoms with van der Waals surface area (Å²) in [6, 6.07) is 14.6. The third-order valence-electron chi connectivity index (χ3n) is 4.48. The predicted octanol–water partition coefficient (Wildman–Crippen LogP) is 3.26. The second-order valence-electron chi connectivity index (χ2n) is 6.35. The molecule has 0 aliphatic carbocycles. The number of ether oxygens (including phenoxy) is 1. The Morgan fingerprint density at radius 3 is 2.76 bits per heavy atom. The molecule has 0 bridgehead atoms. The molecule has 2 heterocycles. The summed E-state index contributed by atoms with van der Waals surface area (Å²) in [6.07, 6.45) is 1.41. The quantitative estimate of drug-likeness (QED) is 0.643. The lowest BCUT2D eigenvalue weighted by Gasteiger charge is -2.15. The fourth-order valence-corrected chi connectivity index (χ4v) is 3.00. The first-order chi connectivity index (χ1) is 14.2.